The van der Waals surface area contributed by atoms with Gasteiger partial charge in [0.2, 0.25) is 0 Å². The van der Waals surface area contributed by atoms with Crippen LogP contribution in [0.5, 0.6) is 5.75 Å². The van der Waals surface area contributed by atoms with Crippen LogP contribution in [0.1, 0.15) is 23.2 Å². The number of carbonyl (C=O) groups excluding carboxylic acids is 3. The van der Waals surface area contributed by atoms with Crippen LogP contribution in [0.25, 0.3) is 0 Å². The smallest absolute Gasteiger partial charge is 0.306 e. The van der Waals surface area contributed by atoms with E-state index >= 15 is 0 Å². The highest BCUT2D eigenvalue weighted by Gasteiger charge is 2.16. The lowest BCUT2D eigenvalue weighted by Gasteiger charge is -2.10. The maximum Gasteiger partial charge on any atom is 0.306 e. The normalized spacial score (nSPS) is 10.0. The van der Waals surface area contributed by atoms with E-state index in [9.17, 15) is 14.4 Å². The summed E-state index contributed by atoms with van der Waals surface area (Å²) in [6.45, 7) is -0.468. The third kappa shape index (κ3) is 7.21. The van der Waals surface area contributed by atoms with Crippen LogP contribution in [-0.4, -0.2) is 37.1 Å². The van der Waals surface area contributed by atoms with Crippen molar-refractivity contribution in [3.8, 4) is 11.8 Å². The van der Waals surface area contributed by atoms with Gasteiger partial charge in [-0.25, -0.2) is 0 Å². The van der Waals surface area contributed by atoms with Crippen LogP contribution >= 0.6 is 27.7 Å². The van der Waals surface area contributed by atoms with Gasteiger partial charge in [-0.2, -0.15) is 5.26 Å². The molecule has 0 atom stereocenters. The highest BCUT2D eigenvalue weighted by atomic mass is 79.9. The van der Waals surface area contributed by atoms with Gasteiger partial charge in [-0.15, -0.1) is 11.8 Å². The summed E-state index contributed by atoms with van der Waals surface area (Å²) in [6.07, 6.45) is -0.225. The van der Waals surface area contributed by atoms with E-state index < -0.39 is 18.5 Å². The highest BCUT2D eigenvalue weighted by molar-refractivity contribution is 9.10. The molecule has 30 heavy (non-hydrogen) atoms. The maximum absolute atomic E-state index is 12.4. The van der Waals surface area contributed by atoms with Gasteiger partial charge in [0.25, 0.3) is 5.91 Å². The molecule has 0 unspecified atom stereocenters. The lowest BCUT2D eigenvalue weighted by molar-refractivity contribution is -0.147. The van der Waals surface area contributed by atoms with Gasteiger partial charge < -0.3 is 14.8 Å². The molecule has 0 aliphatic heterocycles. The molecule has 2 aromatic carbocycles. The highest BCUT2D eigenvalue weighted by Crippen LogP contribution is 2.27. The van der Waals surface area contributed by atoms with Crippen molar-refractivity contribution in [1.29, 1.82) is 5.26 Å². The number of nitrogens with zero attached hydrogens (tertiary/aromatic N) is 1. The summed E-state index contributed by atoms with van der Waals surface area (Å²) < 4.78 is 10.8. The van der Waals surface area contributed by atoms with Crippen molar-refractivity contribution >= 4 is 51.0 Å². The Labute approximate surface area is 186 Å². The number of esters is 1. The number of methoxy groups -OCH3 is 1. The van der Waals surface area contributed by atoms with Crippen molar-refractivity contribution in [2.45, 2.75) is 17.7 Å². The Morgan fingerprint density at radius 1 is 1.17 bits per heavy atom. The van der Waals surface area contributed by atoms with Crippen LogP contribution in [0.2, 0.25) is 0 Å². The molecule has 1 N–H and O–H groups in total. The summed E-state index contributed by atoms with van der Waals surface area (Å²) >= 11 is 4.59. The minimum atomic E-state index is -0.653. The number of hydrogen-bond donors (Lipinski definition) is 1. The van der Waals surface area contributed by atoms with Crippen molar-refractivity contribution in [1.82, 2.24) is 0 Å². The fourth-order valence-corrected chi connectivity index (χ4v) is 3.49. The number of ketones is 1. The van der Waals surface area contributed by atoms with Gasteiger partial charge in [0.1, 0.15) is 5.75 Å². The first-order valence-electron chi connectivity index (χ1n) is 8.85. The number of anilines is 1. The number of thioether (sulfide) groups is 1. The molecule has 156 valence electrons. The first-order valence-corrected chi connectivity index (χ1v) is 10.6. The maximum atomic E-state index is 12.4. The minimum Gasteiger partial charge on any atom is -0.496 e. The second-order valence-corrected chi connectivity index (χ2v) is 7.85. The first-order chi connectivity index (χ1) is 14.4. The van der Waals surface area contributed by atoms with Gasteiger partial charge >= 0.3 is 5.97 Å². The fraction of sp³-hybridized carbons (Fsp3) is 0.238. The van der Waals surface area contributed by atoms with Gasteiger partial charge in [-0.1, -0.05) is 28.1 Å². The Morgan fingerprint density at radius 2 is 1.93 bits per heavy atom. The number of nitrogens with one attached hydrogen (secondary N) is 1. The van der Waals surface area contributed by atoms with Gasteiger partial charge in [0, 0.05) is 15.8 Å². The van der Waals surface area contributed by atoms with Crippen molar-refractivity contribution in [3.05, 3.63) is 52.5 Å². The van der Waals surface area contributed by atoms with Gasteiger partial charge in [-0.05, 0) is 30.3 Å². The molecular formula is C21H19BrN2O5S. The predicted octanol–water partition coefficient (Wildman–Crippen LogP) is 4.22. The average Bonchev–Trinajstić information content (AvgIpc) is 2.75. The summed E-state index contributed by atoms with van der Waals surface area (Å²) in [4.78, 5) is 37.1. The molecule has 0 aliphatic rings. The molecule has 0 aromatic heterocycles. The third-order valence-corrected chi connectivity index (χ3v) is 5.27. The monoisotopic (exact) mass is 490 g/mol. The SMILES string of the molecule is COc1ccc(Br)cc1C(=O)CCC(=O)OCC(=O)Nc1ccccc1SCC#N. The van der Waals surface area contributed by atoms with E-state index in [1.165, 1.54) is 18.9 Å². The van der Waals surface area contributed by atoms with Crippen molar-refractivity contribution in [3.63, 3.8) is 0 Å². The molecule has 0 spiro atoms. The number of benzene rings is 2. The molecule has 0 aliphatic carbocycles. The number of rotatable bonds is 10. The van der Waals surface area contributed by atoms with Gasteiger partial charge in [0.05, 0.1) is 36.6 Å². The molecule has 0 saturated heterocycles. The minimum absolute atomic E-state index is 0.0686. The number of ether oxygens (including phenoxy) is 2. The van der Waals surface area contributed by atoms with E-state index in [1.54, 1.807) is 42.5 Å². The van der Waals surface area contributed by atoms with Crippen molar-refractivity contribution < 1.29 is 23.9 Å². The summed E-state index contributed by atoms with van der Waals surface area (Å²) in [7, 11) is 1.46. The van der Waals surface area contributed by atoms with E-state index in [0.717, 1.165) is 9.37 Å². The number of nitriles is 1. The molecule has 9 heteroatoms. The van der Waals surface area contributed by atoms with Crippen molar-refractivity contribution in [2.75, 3.05) is 24.8 Å². The quantitative estimate of drug-likeness (QED) is 0.301. The number of hydrogen-bond acceptors (Lipinski definition) is 7. The molecular weight excluding hydrogens is 472 g/mol. The molecule has 0 saturated carbocycles. The number of amides is 1. The average molecular weight is 491 g/mol. The Kier molecular flexibility index (Phi) is 9.38. The molecule has 0 heterocycles. The summed E-state index contributed by atoms with van der Waals surface area (Å²) in [6, 6.07) is 14.1. The number of halogens is 1. The van der Waals surface area contributed by atoms with E-state index in [-0.39, 0.29) is 24.4 Å². The van der Waals surface area contributed by atoms with Gasteiger partial charge in [-0.3, -0.25) is 14.4 Å². The Balaban J connectivity index is 1.83. The number of Topliss-reactive ketones (excluding diaryl/α,β-unsaturated/α-hetero) is 1. The Bertz CT molecular complexity index is 974. The molecule has 1 amide bonds. The van der Waals surface area contributed by atoms with Crippen LogP contribution in [0.3, 0.4) is 0 Å². The second-order valence-electron chi connectivity index (χ2n) is 5.92. The van der Waals surface area contributed by atoms with E-state index in [0.29, 0.717) is 17.0 Å². The molecule has 0 radical (unpaired) electrons. The van der Waals surface area contributed by atoms with Crippen LogP contribution in [0.15, 0.2) is 51.8 Å². The van der Waals surface area contributed by atoms with Gasteiger partial charge in [0.15, 0.2) is 12.4 Å². The topological polar surface area (TPSA) is 105 Å². The largest absolute Gasteiger partial charge is 0.496 e. The zero-order valence-electron chi connectivity index (χ0n) is 16.1. The first kappa shape index (κ1) is 23.4. The van der Waals surface area contributed by atoms with Crippen LogP contribution < -0.4 is 10.1 Å². The van der Waals surface area contributed by atoms with E-state index in [2.05, 4.69) is 21.2 Å². The molecule has 0 fully saturated rings. The molecule has 7 nitrogen and oxygen atoms in total. The van der Waals surface area contributed by atoms with Crippen LogP contribution in [0.4, 0.5) is 5.69 Å². The lowest BCUT2D eigenvalue weighted by Crippen LogP contribution is -2.21. The summed E-state index contributed by atoms with van der Waals surface area (Å²) in [5.74, 6) is -0.756. The van der Waals surface area contributed by atoms with Crippen LogP contribution in [0, 0.1) is 11.3 Å². The fourth-order valence-electron chi connectivity index (χ4n) is 2.46. The summed E-state index contributed by atoms with van der Waals surface area (Å²) in [5.41, 5.74) is 0.902. The standard InChI is InChI=1S/C21H19BrN2O5S/c1-28-18-8-6-14(22)12-15(18)17(25)7-9-21(27)29-13-20(26)24-16-4-2-3-5-19(16)30-11-10-23/h2-6,8,12H,7,9,11,13H2,1H3,(H,24,26). The number of carbonyl (C=O) groups is 3. The number of para-hydroxylation sites is 1. The second kappa shape index (κ2) is 12.0. The molecule has 0 bridgehead atoms. The molecule has 2 rings (SSSR count). The van der Waals surface area contributed by atoms with Crippen LogP contribution in [-0.2, 0) is 14.3 Å². The zero-order valence-corrected chi connectivity index (χ0v) is 18.5. The van der Waals surface area contributed by atoms with E-state index in [4.69, 9.17) is 14.7 Å². The molecule has 2 aromatic rings. The Hall–Kier alpha value is -2.83. The summed E-state index contributed by atoms with van der Waals surface area (Å²) in [5, 5.41) is 11.4. The lowest BCUT2D eigenvalue weighted by atomic mass is 10.1. The van der Waals surface area contributed by atoms with Crippen molar-refractivity contribution in [2.24, 2.45) is 0 Å². The van der Waals surface area contributed by atoms with E-state index in [1.807, 2.05) is 6.07 Å². The third-order valence-electron chi connectivity index (χ3n) is 3.84. The Morgan fingerprint density at radius 3 is 2.67 bits per heavy atom. The zero-order chi connectivity index (χ0) is 21.9. The predicted molar refractivity (Wildman–Crippen MR) is 117 cm³/mol.